The van der Waals surface area contributed by atoms with E-state index in [1.807, 2.05) is 36.9 Å². The first-order chi connectivity index (χ1) is 14.3. The highest BCUT2D eigenvalue weighted by molar-refractivity contribution is 7.89. The van der Waals surface area contributed by atoms with Crippen molar-refractivity contribution in [3.05, 3.63) is 58.7 Å². The number of aryl methyl sites for hydroxylation is 4. The molecule has 1 saturated heterocycles. The fourth-order valence-corrected chi connectivity index (χ4v) is 6.04. The Kier molecular flexibility index (Phi) is 5.95. The van der Waals surface area contributed by atoms with Gasteiger partial charge in [-0.15, -0.1) is 0 Å². The van der Waals surface area contributed by atoms with Crippen LogP contribution in [-0.4, -0.2) is 56.3 Å². The van der Waals surface area contributed by atoms with E-state index in [4.69, 9.17) is 0 Å². The van der Waals surface area contributed by atoms with Crippen LogP contribution in [0.15, 0.2) is 41.3 Å². The van der Waals surface area contributed by atoms with E-state index in [0.29, 0.717) is 31.1 Å². The van der Waals surface area contributed by atoms with Gasteiger partial charge in [0, 0.05) is 31.9 Å². The van der Waals surface area contributed by atoms with Crippen LogP contribution in [0.3, 0.4) is 0 Å². The minimum atomic E-state index is -3.51. The van der Waals surface area contributed by atoms with Gasteiger partial charge < -0.3 is 5.32 Å². The molecule has 0 saturated carbocycles. The quantitative estimate of drug-likeness (QED) is 0.797. The highest BCUT2D eigenvalue weighted by Gasteiger charge is 2.30. The molecular weight excluding hydrogens is 398 g/mol. The fourth-order valence-electron chi connectivity index (χ4n) is 4.41. The van der Waals surface area contributed by atoms with E-state index in [1.165, 1.54) is 21.9 Å². The van der Waals surface area contributed by atoms with Gasteiger partial charge in [-0.25, -0.2) is 8.42 Å². The molecule has 1 N–H and O–H groups in total. The van der Waals surface area contributed by atoms with Crippen molar-refractivity contribution in [1.82, 2.24) is 9.21 Å². The molecule has 160 valence electrons. The summed E-state index contributed by atoms with van der Waals surface area (Å²) in [5.41, 5.74) is 5.38. The summed E-state index contributed by atoms with van der Waals surface area (Å²) in [6.45, 7) is 5.93. The third kappa shape index (κ3) is 4.43. The largest absolute Gasteiger partial charge is 0.325 e. The van der Waals surface area contributed by atoms with Crippen LogP contribution in [0, 0.1) is 13.8 Å². The molecule has 30 heavy (non-hydrogen) atoms. The number of fused-ring (bicyclic) bond motifs is 1. The molecule has 1 fully saturated rings. The smallest absolute Gasteiger partial charge is 0.243 e. The van der Waals surface area contributed by atoms with E-state index in [-0.39, 0.29) is 12.5 Å². The number of carbonyl (C=O) groups is 1. The van der Waals surface area contributed by atoms with E-state index >= 15 is 0 Å². The summed E-state index contributed by atoms with van der Waals surface area (Å²) < 4.78 is 27.5. The molecule has 1 amide bonds. The van der Waals surface area contributed by atoms with E-state index in [1.54, 1.807) is 6.07 Å². The van der Waals surface area contributed by atoms with Gasteiger partial charge in [-0.05, 0) is 68.0 Å². The van der Waals surface area contributed by atoms with Gasteiger partial charge in [0.25, 0.3) is 0 Å². The Morgan fingerprint density at radius 1 is 0.967 bits per heavy atom. The summed E-state index contributed by atoms with van der Waals surface area (Å²) in [5, 5.41) is 2.99. The summed E-state index contributed by atoms with van der Waals surface area (Å²) in [7, 11) is -3.51. The normalized spacial score (nSPS) is 17.7. The van der Waals surface area contributed by atoms with E-state index < -0.39 is 10.0 Å². The lowest BCUT2D eigenvalue weighted by atomic mass is 10.1. The number of amides is 1. The number of nitrogens with zero attached hydrogens (tertiary/aromatic N) is 2. The molecule has 2 aromatic carbocycles. The zero-order valence-corrected chi connectivity index (χ0v) is 18.5. The molecule has 1 aliphatic carbocycles. The van der Waals surface area contributed by atoms with Crippen LogP contribution in [-0.2, 0) is 27.7 Å². The summed E-state index contributed by atoms with van der Waals surface area (Å²) in [6.07, 6.45) is 3.39. The first kappa shape index (κ1) is 21.0. The van der Waals surface area contributed by atoms with E-state index in [9.17, 15) is 13.2 Å². The van der Waals surface area contributed by atoms with Crippen molar-refractivity contribution >= 4 is 21.6 Å². The first-order valence-electron chi connectivity index (χ1n) is 10.5. The minimum Gasteiger partial charge on any atom is -0.325 e. The lowest BCUT2D eigenvalue weighted by Crippen LogP contribution is -2.50. The minimum absolute atomic E-state index is 0.0568. The number of sulfonamides is 1. The Morgan fingerprint density at radius 2 is 1.70 bits per heavy atom. The van der Waals surface area contributed by atoms with Crippen molar-refractivity contribution in [2.75, 3.05) is 38.0 Å². The maximum atomic E-state index is 13.0. The summed E-state index contributed by atoms with van der Waals surface area (Å²) in [5.74, 6) is -0.0568. The zero-order valence-electron chi connectivity index (χ0n) is 17.6. The van der Waals surface area contributed by atoms with Crippen LogP contribution in [0.4, 0.5) is 5.69 Å². The lowest BCUT2D eigenvalue weighted by Gasteiger charge is -2.33. The van der Waals surface area contributed by atoms with Crippen LogP contribution in [0.1, 0.15) is 28.7 Å². The van der Waals surface area contributed by atoms with Crippen molar-refractivity contribution in [3.63, 3.8) is 0 Å². The Morgan fingerprint density at radius 3 is 2.43 bits per heavy atom. The van der Waals surface area contributed by atoms with Crippen molar-refractivity contribution in [1.29, 1.82) is 0 Å². The molecule has 2 aromatic rings. The van der Waals surface area contributed by atoms with Crippen molar-refractivity contribution in [2.45, 2.75) is 38.0 Å². The number of carbonyl (C=O) groups excluding carboxylic acids is 1. The van der Waals surface area contributed by atoms with Gasteiger partial charge in [0.2, 0.25) is 15.9 Å². The van der Waals surface area contributed by atoms with E-state index in [0.717, 1.165) is 29.7 Å². The molecule has 0 atom stereocenters. The van der Waals surface area contributed by atoms with Gasteiger partial charge in [0.05, 0.1) is 11.4 Å². The maximum Gasteiger partial charge on any atom is 0.243 e. The Bertz CT molecular complexity index is 1060. The van der Waals surface area contributed by atoms with E-state index in [2.05, 4.69) is 17.4 Å². The standard InChI is InChI=1S/C23H29N3O3S/c1-17-6-9-22(18(2)14-17)30(28,29)26-12-10-25(11-13-26)16-23(27)24-21-8-7-19-4-3-5-20(19)15-21/h6-9,14-15H,3-5,10-13,16H2,1-2H3,(H,24,27). The molecule has 1 aliphatic heterocycles. The second-order valence-corrected chi connectivity index (χ2v) is 10.2. The number of hydrogen-bond acceptors (Lipinski definition) is 4. The van der Waals surface area contributed by atoms with Gasteiger partial charge in [0.1, 0.15) is 0 Å². The Labute approximate surface area is 178 Å². The molecule has 0 radical (unpaired) electrons. The first-order valence-corrected chi connectivity index (χ1v) is 12.0. The molecule has 0 spiro atoms. The average molecular weight is 428 g/mol. The molecule has 0 bridgehead atoms. The van der Waals surface area contributed by atoms with Gasteiger partial charge in [0.15, 0.2) is 0 Å². The van der Waals surface area contributed by atoms with Crippen LogP contribution in [0.25, 0.3) is 0 Å². The number of hydrogen-bond donors (Lipinski definition) is 1. The third-order valence-corrected chi connectivity index (χ3v) is 8.09. The zero-order chi connectivity index (χ0) is 21.3. The Hall–Kier alpha value is -2.22. The van der Waals surface area contributed by atoms with Crippen molar-refractivity contribution in [2.24, 2.45) is 0 Å². The second-order valence-electron chi connectivity index (χ2n) is 8.33. The summed E-state index contributed by atoms with van der Waals surface area (Å²) in [4.78, 5) is 14.9. The molecular formula is C23H29N3O3S. The topological polar surface area (TPSA) is 69.7 Å². The SMILES string of the molecule is Cc1ccc(S(=O)(=O)N2CCN(CC(=O)Nc3ccc4c(c3)CCC4)CC2)c(C)c1. The average Bonchev–Trinajstić information content (AvgIpc) is 3.16. The van der Waals surface area contributed by atoms with Crippen molar-refractivity contribution < 1.29 is 13.2 Å². The van der Waals surface area contributed by atoms with Gasteiger partial charge >= 0.3 is 0 Å². The maximum absolute atomic E-state index is 13.0. The van der Waals surface area contributed by atoms with Gasteiger partial charge in [-0.2, -0.15) is 4.31 Å². The second kappa shape index (κ2) is 8.49. The van der Waals surface area contributed by atoms with Crippen LogP contribution in [0.5, 0.6) is 0 Å². The van der Waals surface area contributed by atoms with Gasteiger partial charge in [-0.1, -0.05) is 23.8 Å². The molecule has 1 heterocycles. The van der Waals surface area contributed by atoms with Crippen LogP contribution < -0.4 is 5.32 Å². The predicted molar refractivity (Wildman–Crippen MR) is 118 cm³/mol. The van der Waals surface area contributed by atoms with Crippen LogP contribution in [0.2, 0.25) is 0 Å². The summed E-state index contributed by atoms with van der Waals surface area (Å²) >= 11 is 0. The number of rotatable bonds is 5. The number of anilines is 1. The highest BCUT2D eigenvalue weighted by Crippen LogP contribution is 2.25. The number of piperazine rings is 1. The van der Waals surface area contributed by atoms with Crippen molar-refractivity contribution in [3.8, 4) is 0 Å². The summed E-state index contributed by atoms with van der Waals surface area (Å²) in [6, 6.07) is 11.6. The third-order valence-electron chi connectivity index (χ3n) is 6.03. The molecule has 2 aliphatic rings. The molecule has 7 heteroatoms. The molecule has 0 unspecified atom stereocenters. The molecule has 4 rings (SSSR count). The fraction of sp³-hybridized carbons (Fsp3) is 0.435. The monoisotopic (exact) mass is 427 g/mol. The number of nitrogens with one attached hydrogen (secondary N) is 1. The number of benzene rings is 2. The highest BCUT2D eigenvalue weighted by atomic mass is 32.2. The lowest BCUT2D eigenvalue weighted by molar-refractivity contribution is -0.117. The Balaban J connectivity index is 1.32. The van der Waals surface area contributed by atoms with Crippen LogP contribution >= 0.6 is 0 Å². The predicted octanol–water partition coefficient (Wildman–Crippen LogP) is 2.74. The molecule has 0 aromatic heterocycles. The molecule has 6 nitrogen and oxygen atoms in total. The van der Waals surface area contributed by atoms with Gasteiger partial charge in [-0.3, -0.25) is 9.69 Å².